The minimum atomic E-state index is -5.29. The number of nitrogens with one attached hydrogen (secondary N) is 1. The molecule has 0 fully saturated rings. The fourth-order valence-corrected chi connectivity index (χ4v) is 9.44. The lowest BCUT2D eigenvalue weighted by molar-refractivity contribution is -0.143. The molecular formula is C45H44ClF10N7O7S2. The number of rotatable bonds is 18. The third-order valence-corrected chi connectivity index (χ3v) is 15.5. The van der Waals surface area contributed by atoms with Gasteiger partial charge in [-0.15, -0.1) is 6.42 Å². The molecule has 2 atom stereocenters. The number of pyridine rings is 1. The fraction of sp³-hybridized carbons (Fsp3) is 0.444. The zero-order chi connectivity index (χ0) is 53.7. The zero-order valence-corrected chi connectivity index (χ0v) is 41.0. The highest BCUT2D eigenvalue weighted by Gasteiger charge is 2.55. The van der Waals surface area contributed by atoms with E-state index in [0.29, 0.717) is 21.3 Å². The van der Waals surface area contributed by atoms with Gasteiger partial charge in [0.1, 0.15) is 30.4 Å². The number of ether oxygens (including phenoxy) is 1. The second-order valence-corrected chi connectivity index (χ2v) is 22.6. The van der Waals surface area contributed by atoms with Gasteiger partial charge >= 0.3 is 24.2 Å². The molecule has 0 spiro atoms. The third kappa shape index (κ3) is 11.9. The predicted octanol–water partition coefficient (Wildman–Crippen LogP) is 8.63. The molecule has 0 unspecified atom stereocenters. The molecule has 14 nitrogen and oxygen atoms in total. The number of amides is 1. The largest absolute Gasteiger partial charge is 0.443 e. The topological polar surface area (TPSA) is 175 Å². The molecule has 390 valence electrons. The minimum Gasteiger partial charge on any atom is -0.443 e. The van der Waals surface area contributed by atoms with E-state index in [1.165, 1.54) is 32.0 Å². The molecule has 3 aromatic heterocycles. The first-order valence-corrected chi connectivity index (χ1v) is 25.6. The number of fused-ring (bicyclic) bond motifs is 2. The normalized spacial score (nSPS) is 15.6. The second kappa shape index (κ2) is 20.2. The van der Waals surface area contributed by atoms with Gasteiger partial charge < -0.3 is 10.1 Å². The molecule has 1 amide bonds. The smallest absolute Gasteiger partial charge is 0.435 e. The van der Waals surface area contributed by atoms with Crippen molar-refractivity contribution < 1.29 is 75.1 Å². The monoisotopic (exact) mass is 1080 g/mol. The number of hydrogen-bond acceptors (Lipinski definition) is 10. The Labute approximate surface area is 411 Å². The molecule has 27 heteroatoms. The van der Waals surface area contributed by atoms with E-state index in [0.717, 1.165) is 24.5 Å². The van der Waals surface area contributed by atoms with Crippen LogP contribution in [0.15, 0.2) is 42.5 Å². The lowest BCUT2D eigenvalue weighted by atomic mass is 9.93. The van der Waals surface area contributed by atoms with E-state index in [4.69, 9.17) is 27.7 Å². The highest BCUT2D eigenvalue weighted by atomic mass is 35.5. The number of terminal acetylenes is 1. The minimum absolute atomic E-state index is 0.0571. The van der Waals surface area contributed by atoms with Crippen molar-refractivity contribution in [3.05, 3.63) is 93.0 Å². The van der Waals surface area contributed by atoms with E-state index < -0.39 is 145 Å². The third-order valence-electron chi connectivity index (χ3n) is 11.8. The average Bonchev–Trinajstić information content (AvgIpc) is 3.87. The van der Waals surface area contributed by atoms with Crippen LogP contribution >= 0.6 is 11.6 Å². The number of carbonyl (C=O) groups is 2. The molecule has 2 aromatic carbocycles. The van der Waals surface area contributed by atoms with Crippen molar-refractivity contribution in [1.82, 2.24) is 29.9 Å². The van der Waals surface area contributed by atoms with E-state index in [-0.39, 0.29) is 63.5 Å². The van der Waals surface area contributed by atoms with Crippen molar-refractivity contribution in [3.63, 3.8) is 0 Å². The summed E-state index contributed by atoms with van der Waals surface area (Å²) in [6.45, 7) is 0.120. The van der Waals surface area contributed by atoms with Crippen molar-refractivity contribution in [3.8, 4) is 23.5 Å². The number of sulfone groups is 1. The van der Waals surface area contributed by atoms with Crippen LogP contribution in [0.4, 0.5) is 49.7 Å². The molecule has 1 aliphatic rings. The van der Waals surface area contributed by atoms with Gasteiger partial charge in [0.15, 0.2) is 28.1 Å². The van der Waals surface area contributed by atoms with Gasteiger partial charge in [0.2, 0.25) is 15.9 Å². The molecule has 6 rings (SSSR count). The first kappa shape index (κ1) is 55.4. The van der Waals surface area contributed by atoms with Crippen LogP contribution < -0.4 is 9.62 Å². The van der Waals surface area contributed by atoms with Crippen LogP contribution in [-0.4, -0.2) is 83.4 Å². The average molecular weight is 1080 g/mol. The van der Waals surface area contributed by atoms with Crippen LogP contribution in [0, 0.1) is 29.9 Å². The van der Waals surface area contributed by atoms with Crippen LogP contribution in [0.5, 0.6) is 0 Å². The summed E-state index contributed by atoms with van der Waals surface area (Å²) in [6.07, 6.45) is -5.26. The Bertz CT molecular complexity index is 3190. The zero-order valence-electron chi connectivity index (χ0n) is 38.7. The Morgan fingerprint density at radius 2 is 1.62 bits per heavy atom. The van der Waals surface area contributed by atoms with Gasteiger partial charge in [0, 0.05) is 41.1 Å². The van der Waals surface area contributed by atoms with Gasteiger partial charge in [-0.3, -0.25) is 23.9 Å². The molecule has 1 N–H and O–H groups in total. The Morgan fingerprint density at radius 3 is 2.19 bits per heavy atom. The molecule has 3 heterocycles. The number of sulfonamides is 1. The van der Waals surface area contributed by atoms with Gasteiger partial charge in [-0.2, -0.15) is 45.3 Å². The maximum Gasteiger partial charge on any atom is 0.435 e. The number of nitrogens with zero attached hydrogens (tertiary/aromatic N) is 6. The van der Waals surface area contributed by atoms with Crippen LogP contribution in [0.1, 0.15) is 80.0 Å². The predicted molar refractivity (Wildman–Crippen MR) is 243 cm³/mol. The summed E-state index contributed by atoms with van der Waals surface area (Å²) in [5.41, 5.74) is -5.54. The number of aryl methyl sites for hydroxylation is 1. The van der Waals surface area contributed by atoms with E-state index in [1.807, 2.05) is 0 Å². The Morgan fingerprint density at radius 1 is 0.986 bits per heavy atom. The molecule has 5 aromatic rings. The van der Waals surface area contributed by atoms with Gasteiger partial charge in [-0.25, -0.2) is 29.9 Å². The Balaban J connectivity index is 1.62. The number of carbonyl (C=O) groups excluding carboxylic acids is 2. The summed E-state index contributed by atoms with van der Waals surface area (Å²) in [7, 11) is -8.29. The van der Waals surface area contributed by atoms with Crippen LogP contribution in [0.25, 0.3) is 22.0 Å². The number of aromatic nitrogens is 5. The number of anilines is 1. The van der Waals surface area contributed by atoms with Crippen molar-refractivity contribution >= 4 is 60.1 Å². The molecule has 0 saturated carbocycles. The SMILES string of the molecule is C#C[C@@H]1Cc2c(C(F)(F)F)nn(CC(=O)N[C@@H](Cc3cc(F)cc(F)c3)c3nc(CCC(C)(C)S(C)(=O)=O)ccc3-c3ccc(Cl)c4c(N(COC(=O)CCC)S(C)(=O)=O)nn(CC(F)(F)F)c34)c2C1(F)F. The molecule has 0 bridgehead atoms. The fourth-order valence-electron chi connectivity index (χ4n) is 8.05. The quantitative estimate of drug-likeness (QED) is 0.0387. The first-order valence-electron chi connectivity index (χ1n) is 21.5. The van der Waals surface area contributed by atoms with E-state index in [2.05, 4.69) is 15.5 Å². The van der Waals surface area contributed by atoms with Crippen molar-refractivity contribution in [2.24, 2.45) is 5.92 Å². The van der Waals surface area contributed by atoms with Crippen LogP contribution in [0.3, 0.4) is 0 Å². The Kier molecular flexibility index (Phi) is 15.5. The Hall–Kier alpha value is -5.94. The van der Waals surface area contributed by atoms with E-state index >= 15 is 8.78 Å². The van der Waals surface area contributed by atoms with E-state index in [1.54, 1.807) is 12.8 Å². The number of esters is 1. The van der Waals surface area contributed by atoms with Crippen LogP contribution in [0.2, 0.25) is 5.02 Å². The lowest BCUT2D eigenvalue weighted by Gasteiger charge is -2.25. The standard InChI is InChI=1S/C45H44ClF10N7O7S2/c1-7-9-35(65)70-23-63(72(6,68)69)41-36-32(46)13-12-30(38(36)62(60-41)22-43(49,50)51)29-11-10-28(14-15-42(3,4)71(5,66)67)57-37(29)33(18-24-16-26(47)20-27(48)17-24)58-34(64)21-61-40-31(39(59-61)45(54,55)56)19-25(8-2)44(40,52)53/h2,10-13,16-17,20,25,33H,7,9,14-15,18-19,21-23H2,1,3-6H3,(H,58,64)/t25-,33+/m1/s1. The second-order valence-electron chi connectivity index (χ2n) is 17.7. The first-order chi connectivity index (χ1) is 33.2. The van der Waals surface area contributed by atoms with Gasteiger partial charge in [0.25, 0.3) is 0 Å². The highest BCUT2D eigenvalue weighted by Crippen LogP contribution is 2.50. The maximum atomic E-state index is 15.7. The molecule has 72 heavy (non-hydrogen) atoms. The summed E-state index contributed by atoms with van der Waals surface area (Å²) in [5, 5.41) is 8.95. The number of hydrogen-bond donors (Lipinski definition) is 1. The summed E-state index contributed by atoms with van der Waals surface area (Å²) < 4.78 is 204. The molecule has 1 aliphatic carbocycles. The maximum absolute atomic E-state index is 15.7. The summed E-state index contributed by atoms with van der Waals surface area (Å²) in [4.78, 5) is 31.3. The van der Waals surface area contributed by atoms with Gasteiger partial charge in [-0.05, 0) is 75.8 Å². The molecular weight excluding hydrogens is 1040 g/mol. The van der Waals surface area contributed by atoms with Crippen molar-refractivity contribution in [2.45, 2.75) is 101 Å². The highest BCUT2D eigenvalue weighted by molar-refractivity contribution is 7.92. The number of halogens is 11. The van der Waals surface area contributed by atoms with Crippen molar-refractivity contribution in [2.75, 3.05) is 23.5 Å². The summed E-state index contributed by atoms with van der Waals surface area (Å²) >= 11 is 6.65. The molecule has 0 radical (unpaired) electrons. The summed E-state index contributed by atoms with van der Waals surface area (Å²) in [6, 6.07) is 5.31. The van der Waals surface area contributed by atoms with E-state index in [9.17, 15) is 61.5 Å². The van der Waals surface area contributed by atoms with Crippen LogP contribution in [-0.2, 0) is 78.6 Å². The molecule has 0 saturated heterocycles. The van der Waals surface area contributed by atoms with Crippen molar-refractivity contribution in [1.29, 1.82) is 0 Å². The van der Waals surface area contributed by atoms with Gasteiger partial charge in [-0.1, -0.05) is 36.6 Å². The number of benzene rings is 2. The molecule has 0 aliphatic heterocycles. The summed E-state index contributed by atoms with van der Waals surface area (Å²) in [5.74, 6) is -9.63. The number of alkyl halides is 8. The van der Waals surface area contributed by atoms with Gasteiger partial charge in [0.05, 0.1) is 44.6 Å². The lowest BCUT2D eigenvalue weighted by Crippen LogP contribution is -2.35.